The van der Waals surface area contributed by atoms with Gasteiger partial charge in [0.15, 0.2) is 0 Å². The summed E-state index contributed by atoms with van der Waals surface area (Å²) in [6, 6.07) is 1.55. The van der Waals surface area contributed by atoms with Crippen molar-refractivity contribution < 1.29 is 0 Å². The van der Waals surface area contributed by atoms with Crippen LogP contribution in [0.1, 0.15) is 26.0 Å². The maximum absolute atomic E-state index is 11.1. The Morgan fingerprint density at radius 3 is 2.92 bits per heavy atom. The van der Waals surface area contributed by atoms with E-state index in [1.165, 1.54) is 0 Å². The third kappa shape index (κ3) is 2.89. The summed E-state index contributed by atoms with van der Waals surface area (Å²) in [5.41, 5.74) is 0.761. The van der Waals surface area contributed by atoms with Crippen molar-refractivity contribution in [1.29, 1.82) is 0 Å². The van der Waals surface area contributed by atoms with E-state index in [9.17, 15) is 4.79 Å². The Labute approximate surface area is 77.4 Å². The molecule has 0 saturated carbocycles. The number of nitrogens with zero attached hydrogens (tertiary/aromatic N) is 1. The van der Waals surface area contributed by atoms with E-state index >= 15 is 0 Å². The molecular formula is C9H15N3O. The van der Waals surface area contributed by atoms with Crippen molar-refractivity contribution in [3.63, 3.8) is 0 Å². The molecule has 0 unspecified atom stereocenters. The first kappa shape index (κ1) is 9.77. The molecule has 72 valence electrons. The molecule has 0 aromatic carbocycles. The van der Waals surface area contributed by atoms with Gasteiger partial charge in [-0.1, -0.05) is 13.3 Å². The summed E-state index contributed by atoms with van der Waals surface area (Å²) >= 11 is 0. The second-order valence-electron chi connectivity index (χ2n) is 2.87. The minimum absolute atomic E-state index is 0.0885. The molecule has 0 aliphatic rings. The highest BCUT2D eigenvalue weighted by Gasteiger charge is 1.98. The van der Waals surface area contributed by atoms with Crippen LogP contribution in [0.25, 0.3) is 0 Å². The number of aryl methyl sites for hydroxylation is 1. The van der Waals surface area contributed by atoms with Gasteiger partial charge in [0.25, 0.3) is 5.56 Å². The van der Waals surface area contributed by atoms with Gasteiger partial charge < -0.3 is 5.32 Å². The van der Waals surface area contributed by atoms with E-state index in [2.05, 4.69) is 22.2 Å². The summed E-state index contributed by atoms with van der Waals surface area (Å²) in [5.74, 6) is 0.568. The maximum Gasteiger partial charge on any atom is 0.252 e. The van der Waals surface area contributed by atoms with Gasteiger partial charge in [-0.15, -0.1) is 0 Å². The minimum Gasteiger partial charge on any atom is -0.356 e. The number of H-pyrrole nitrogens is 1. The Balaban J connectivity index is 2.90. The zero-order chi connectivity index (χ0) is 9.68. The number of rotatable bonds is 4. The smallest absolute Gasteiger partial charge is 0.252 e. The van der Waals surface area contributed by atoms with Crippen molar-refractivity contribution >= 4 is 5.95 Å². The monoisotopic (exact) mass is 181 g/mol. The van der Waals surface area contributed by atoms with Crippen LogP contribution >= 0.6 is 0 Å². The molecule has 0 radical (unpaired) electrons. The van der Waals surface area contributed by atoms with Crippen LogP contribution in [0, 0.1) is 0 Å². The van der Waals surface area contributed by atoms with Crippen LogP contribution in [0.15, 0.2) is 10.9 Å². The molecule has 0 amide bonds. The van der Waals surface area contributed by atoms with E-state index < -0.39 is 0 Å². The Kier molecular flexibility index (Phi) is 3.49. The predicted octanol–water partition coefficient (Wildman–Crippen LogP) is 1.15. The van der Waals surface area contributed by atoms with E-state index in [4.69, 9.17) is 0 Å². The highest BCUT2D eigenvalue weighted by molar-refractivity contribution is 5.24. The van der Waals surface area contributed by atoms with Gasteiger partial charge in [0, 0.05) is 18.3 Å². The third-order valence-electron chi connectivity index (χ3n) is 1.65. The summed E-state index contributed by atoms with van der Waals surface area (Å²) in [6.07, 6.45) is 1.85. The molecule has 0 spiro atoms. The normalized spacial score (nSPS) is 10.0. The standard InChI is InChI=1S/C9H15N3O/c1-3-5-7-6-8(13)12-9(11-7)10-4-2/h6H,3-5H2,1-2H3,(H2,10,11,12,13). The van der Waals surface area contributed by atoms with Crippen LogP contribution in [-0.2, 0) is 6.42 Å². The zero-order valence-electron chi connectivity index (χ0n) is 8.05. The minimum atomic E-state index is -0.0885. The second kappa shape index (κ2) is 4.64. The fourth-order valence-electron chi connectivity index (χ4n) is 1.14. The molecule has 0 aliphatic heterocycles. The number of aromatic nitrogens is 2. The first-order valence-corrected chi connectivity index (χ1v) is 4.60. The average Bonchev–Trinajstić information content (AvgIpc) is 2.04. The largest absolute Gasteiger partial charge is 0.356 e. The van der Waals surface area contributed by atoms with Gasteiger partial charge in [0.1, 0.15) is 0 Å². The van der Waals surface area contributed by atoms with Crippen LogP contribution in [-0.4, -0.2) is 16.5 Å². The third-order valence-corrected chi connectivity index (χ3v) is 1.65. The molecule has 0 saturated heterocycles. The lowest BCUT2D eigenvalue weighted by Crippen LogP contribution is -2.13. The molecule has 0 atom stereocenters. The van der Waals surface area contributed by atoms with Gasteiger partial charge in [-0.05, 0) is 13.3 Å². The first-order chi connectivity index (χ1) is 6.26. The van der Waals surface area contributed by atoms with Gasteiger partial charge in [-0.3, -0.25) is 9.78 Å². The Morgan fingerprint density at radius 2 is 2.31 bits per heavy atom. The number of aromatic amines is 1. The summed E-state index contributed by atoms with van der Waals surface area (Å²) < 4.78 is 0. The molecule has 1 aromatic rings. The molecule has 0 fully saturated rings. The Hall–Kier alpha value is -1.32. The van der Waals surface area contributed by atoms with Crippen LogP contribution in [0.5, 0.6) is 0 Å². The first-order valence-electron chi connectivity index (χ1n) is 4.60. The molecule has 4 heteroatoms. The summed E-state index contributed by atoms with van der Waals surface area (Å²) in [6.45, 7) is 4.79. The van der Waals surface area contributed by atoms with Crippen LogP contribution in [0.4, 0.5) is 5.95 Å². The Bertz CT molecular complexity index is 292. The highest BCUT2D eigenvalue weighted by atomic mass is 16.1. The SMILES string of the molecule is CCCc1cc(=O)[nH]c(NCC)n1. The van der Waals surface area contributed by atoms with Crippen molar-refractivity contribution in [2.75, 3.05) is 11.9 Å². The Morgan fingerprint density at radius 1 is 1.54 bits per heavy atom. The van der Waals surface area contributed by atoms with Crippen molar-refractivity contribution in [1.82, 2.24) is 9.97 Å². The molecule has 2 N–H and O–H groups in total. The van der Waals surface area contributed by atoms with Gasteiger partial charge in [-0.25, -0.2) is 4.98 Å². The van der Waals surface area contributed by atoms with E-state index in [0.29, 0.717) is 5.95 Å². The molecular weight excluding hydrogens is 166 g/mol. The number of hydrogen-bond acceptors (Lipinski definition) is 3. The fraction of sp³-hybridized carbons (Fsp3) is 0.556. The van der Waals surface area contributed by atoms with Crippen molar-refractivity contribution in [2.24, 2.45) is 0 Å². The van der Waals surface area contributed by atoms with Crippen molar-refractivity contribution in [3.05, 3.63) is 22.1 Å². The highest BCUT2D eigenvalue weighted by Crippen LogP contribution is 1.99. The number of hydrogen-bond donors (Lipinski definition) is 2. The average molecular weight is 181 g/mol. The van der Waals surface area contributed by atoms with Crippen molar-refractivity contribution in [3.8, 4) is 0 Å². The number of nitrogens with one attached hydrogen (secondary N) is 2. The second-order valence-corrected chi connectivity index (χ2v) is 2.87. The quantitative estimate of drug-likeness (QED) is 0.732. The van der Waals surface area contributed by atoms with Crippen molar-refractivity contribution in [2.45, 2.75) is 26.7 Å². The van der Waals surface area contributed by atoms with E-state index in [1.54, 1.807) is 6.07 Å². The van der Waals surface area contributed by atoms with E-state index in [0.717, 1.165) is 25.1 Å². The molecule has 1 aromatic heterocycles. The molecule has 1 heterocycles. The fourth-order valence-corrected chi connectivity index (χ4v) is 1.14. The predicted molar refractivity (Wildman–Crippen MR) is 53.0 cm³/mol. The van der Waals surface area contributed by atoms with Gasteiger partial charge in [-0.2, -0.15) is 0 Å². The summed E-state index contributed by atoms with van der Waals surface area (Å²) in [4.78, 5) is 18.0. The number of anilines is 1. The van der Waals surface area contributed by atoms with Gasteiger partial charge in [0.05, 0.1) is 0 Å². The molecule has 0 aliphatic carbocycles. The lowest BCUT2D eigenvalue weighted by molar-refractivity contribution is 0.866. The maximum atomic E-state index is 11.1. The topological polar surface area (TPSA) is 57.8 Å². The van der Waals surface area contributed by atoms with E-state index in [1.807, 2.05) is 6.92 Å². The van der Waals surface area contributed by atoms with Crippen LogP contribution in [0.3, 0.4) is 0 Å². The molecule has 13 heavy (non-hydrogen) atoms. The van der Waals surface area contributed by atoms with Gasteiger partial charge >= 0.3 is 0 Å². The van der Waals surface area contributed by atoms with Gasteiger partial charge in [0.2, 0.25) is 5.95 Å². The van der Waals surface area contributed by atoms with Crippen LogP contribution in [0.2, 0.25) is 0 Å². The zero-order valence-corrected chi connectivity index (χ0v) is 8.05. The molecule has 4 nitrogen and oxygen atoms in total. The lowest BCUT2D eigenvalue weighted by atomic mass is 10.2. The molecule has 1 rings (SSSR count). The summed E-state index contributed by atoms with van der Waals surface area (Å²) in [7, 11) is 0. The summed E-state index contributed by atoms with van der Waals surface area (Å²) in [5, 5.41) is 2.98. The van der Waals surface area contributed by atoms with E-state index in [-0.39, 0.29) is 5.56 Å². The van der Waals surface area contributed by atoms with Crippen LogP contribution < -0.4 is 10.9 Å². The lowest BCUT2D eigenvalue weighted by Gasteiger charge is -2.03. The molecule has 0 bridgehead atoms.